The number of nitrogens with zero attached hydrogens (tertiary/aromatic N) is 2. The van der Waals surface area contributed by atoms with E-state index in [9.17, 15) is 8.42 Å². The maximum absolute atomic E-state index is 12.2. The Morgan fingerprint density at radius 2 is 2.31 bits per heavy atom. The molecule has 0 unspecified atom stereocenters. The normalized spacial score (nSPS) is 30.8. The van der Waals surface area contributed by atoms with Crippen molar-refractivity contribution in [2.24, 2.45) is 5.92 Å². The molecule has 0 radical (unpaired) electrons. The Morgan fingerprint density at radius 3 is 3.00 bits per heavy atom. The molecule has 0 bridgehead atoms. The van der Waals surface area contributed by atoms with Gasteiger partial charge in [0.15, 0.2) is 5.03 Å². The van der Waals surface area contributed by atoms with Gasteiger partial charge < -0.3 is 10.3 Å². The third kappa shape index (κ3) is 1.47. The lowest BCUT2D eigenvalue weighted by atomic mass is 10.1. The van der Waals surface area contributed by atoms with Crippen LogP contribution in [-0.2, 0) is 10.0 Å². The topological polar surface area (TPSA) is 78.1 Å². The summed E-state index contributed by atoms with van der Waals surface area (Å²) in [6, 6.07) is 0.331. The van der Waals surface area contributed by atoms with Gasteiger partial charge >= 0.3 is 0 Å². The number of H-pyrrole nitrogens is 1. The highest BCUT2D eigenvalue weighted by Gasteiger charge is 2.41. The third-order valence-electron chi connectivity index (χ3n) is 3.42. The Morgan fingerprint density at radius 1 is 1.44 bits per heavy atom. The number of aromatic amines is 1. The second-order valence-electron chi connectivity index (χ2n) is 4.35. The number of imidazole rings is 1. The van der Waals surface area contributed by atoms with Crippen molar-refractivity contribution in [1.82, 2.24) is 19.6 Å². The quantitative estimate of drug-likeness (QED) is 0.725. The molecule has 2 N–H and O–H groups in total. The first-order valence-corrected chi connectivity index (χ1v) is 6.84. The molecule has 2 atom stereocenters. The van der Waals surface area contributed by atoms with Crippen molar-refractivity contribution in [2.75, 3.05) is 19.6 Å². The monoisotopic (exact) mass is 242 g/mol. The van der Waals surface area contributed by atoms with E-state index in [2.05, 4.69) is 15.3 Å². The van der Waals surface area contributed by atoms with Gasteiger partial charge in [0.2, 0.25) is 0 Å². The van der Waals surface area contributed by atoms with Crippen LogP contribution in [0.3, 0.4) is 0 Å². The molecular formula is C9H14N4O2S. The van der Waals surface area contributed by atoms with E-state index in [1.807, 2.05) is 0 Å². The van der Waals surface area contributed by atoms with E-state index in [0.717, 1.165) is 13.0 Å². The van der Waals surface area contributed by atoms with Gasteiger partial charge in [-0.25, -0.2) is 13.4 Å². The molecule has 0 saturated carbocycles. The molecule has 0 amide bonds. The molecule has 3 heterocycles. The molecule has 0 aliphatic carbocycles. The molecule has 1 aromatic heterocycles. The summed E-state index contributed by atoms with van der Waals surface area (Å²) in [5.74, 6) is 0.470. The summed E-state index contributed by atoms with van der Waals surface area (Å²) in [5.41, 5.74) is 0. The van der Waals surface area contributed by atoms with Gasteiger partial charge in [0.05, 0.1) is 12.5 Å². The van der Waals surface area contributed by atoms with E-state index in [4.69, 9.17) is 0 Å². The van der Waals surface area contributed by atoms with Crippen molar-refractivity contribution in [3.8, 4) is 0 Å². The van der Waals surface area contributed by atoms with E-state index in [0.29, 0.717) is 25.0 Å². The van der Waals surface area contributed by atoms with Crippen molar-refractivity contribution in [1.29, 1.82) is 0 Å². The first-order valence-electron chi connectivity index (χ1n) is 5.40. The minimum absolute atomic E-state index is 0.187. The van der Waals surface area contributed by atoms with Crippen LogP contribution >= 0.6 is 0 Å². The maximum Gasteiger partial charge on any atom is 0.260 e. The Hall–Kier alpha value is -0.920. The molecule has 0 aromatic carbocycles. The van der Waals surface area contributed by atoms with Gasteiger partial charge in [-0.15, -0.1) is 0 Å². The van der Waals surface area contributed by atoms with Crippen LogP contribution < -0.4 is 5.32 Å². The molecule has 2 aliphatic heterocycles. The minimum atomic E-state index is -3.36. The smallest absolute Gasteiger partial charge is 0.260 e. The number of nitrogens with one attached hydrogen (secondary N) is 2. The average molecular weight is 242 g/mol. The van der Waals surface area contributed by atoms with E-state index in [1.54, 1.807) is 4.31 Å². The fourth-order valence-electron chi connectivity index (χ4n) is 2.53. The van der Waals surface area contributed by atoms with Crippen molar-refractivity contribution in [3.63, 3.8) is 0 Å². The lowest BCUT2D eigenvalue weighted by molar-refractivity contribution is 0.446. The summed E-state index contributed by atoms with van der Waals surface area (Å²) in [6.45, 7) is 2.21. The van der Waals surface area contributed by atoms with Crippen LogP contribution in [0.1, 0.15) is 6.42 Å². The SMILES string of the molecule is O=S(=O)(c1cnc[nH]1)N1C[C@@H]2CCN[C@@H]2C1. The number of sulfonamides is 1. The summed E-state index contributed by atoms with van der Waals surface area (Å²) in [5, 5.41) is 3.52. The third-order valence-corrected chi connectivity index (χ3v) is 5.18. The van der Waals surface area contributed by atoms with E-state index >= 15 is 0 Å². The van der Waals surface area contributed by atoms with Gasteiger partial charge in [0.25, 0.3) is 10.0 Å². The molecule has 16 heavy (non-hydrogen) atoms. The van der Waals surface area contributed by atoms with Crippen LogP contribution in [0.25, 0.3) is 0 Å². The van der Waals surface area contributed by atoms with Crippen molar-refractivity contribution < 1.29 is 8.42 Å². The summed E-state index contributed by atoms with van der Waals surface area (Å²) >= 11 is 0. The summed E-state index contributed by atoms with van der Waals surface area (Å²) in [4.78, 5) is 6.41. The zero-order chi connectivity index (χ0) is 11.2. The summed E-state index contributed by atoms with van der Waals surface area (Å²) < 4.78 is 25.9. The van der Waals surface area contributed by atoms with Crippen LogP contribution in [0, 0.1) is 5.92 Å². The zero-order valence-electron chi connectivity index (χ0n) is 8.76. The van der Waals surface area contributed by atoms with Gasteiger partial charge in [0, 0.05) is 19.1 Å². The second-order valence-corrected chi connectivity index (χ2v) is 6.25. The number of hydrogen-bond donors (Lipinski definition) is 2. The van der Waals surface area contributed by atoms with Gasteiger partial charge in [-0.2, -0.15) is 4.31 Å². The van der Waals surface area contributed by atoms with Gasteiger partial charge in [-0.3, -0.25) is 0 Å². The van der Waals surface area contributed by atoms with E-state index in [1.165, 1.54) is 12.5 Å². The van der Waals surface area contributed by atoms with E-state index < -0.39 is 10.0 Å². The van der Waals surface area contributed by atoms with Crippen molar-refractivity contribution in [3.05, 3.63) is 12.5 Å². The number of aromatic nitrogens is 2. The standard InChI is InChI=1S/C9H14N4O2S/c14-16(15,9-3-10-6-12-9)13-4-7-1-2-11-8(7)5-13/h3,6-8,11H,1-2,4-5H2,(H,10,12)/t7-,8+/m0/s1. The van der Waals surface area contributed by atoms with E-state index in [-0.39, 0.29) is 5.03 Å². The first-order chi connectivity index (χ1) is 7.68. The predicted molar refractivity (Wildman–Crippen MR) is 57.2 cm³/mol. The molecule has 7 heteroatoms. The number of hydrogen-bond acceptors (Lipinski definition) is 4. The Bertz CT molecular complexity index is 458. The fraction of sp³-hybridized carbons (Fsp3) is 0.667. The van der Waals surface area contributed by atoms with Crippen LogP contribution in [0.5, 0.6) is 0 Å². The highest BCUT2D eigenvalue weighted by molar-refractivity contribution is 7.89. The van der Waals surface area contributed by atoms with Gasteiger partial charge in [-0.05, 0) is 18.9 Å². The Labute approximate surface area is 94.1 Å². The molecule has 2 aliphatic rings. The Kier molecular flexibility index (Phi) is 2.27. The van der Waals surface area contributed by atoms with Crippen LogP contribution in [0.2, 0.25) is 0 Å². The van der Waals surface area contributed by atoms with Gasteiger partial charge in [0.1, 0.15) is 0 Å². The number of fused-ring (bicyclic) bond motifs is 1. The lowest BCUT2D eigenvalue weighted by Gasteiger charge is -2.15. The molecule has 6 nitrogen and oxygen atoms in total. The predicted octanol–water partition coefficient (Wildman–Crippen LogP) is -0.608. The molecular weight excluding hydrogens is 228 g/mol. The Balaban J connectivity index is 1.85. The molecule has 2 saturated heterocycles. The minimum Gasteiger partial charge on any atom is -0.335 e. The lowest BCUT2D eigenvalue weighted by Crippen LogP contribution is -2.34. The maximum atomic E-state index is 12.2. The first kappa shape index (κ1) is 10.2. The molecule has 1 aromatic rings. The van der Waals surface area contributed by atoms with Crippen LogP contribution in [0.4, 0.5) is 0 Å². The highest BCUT2D eigenvalue weighted by Crippen LogP contribution is 2.28. The molecule has 3 rings (SSSR count). The van der Waals surface area contributed by atoms with Crippen molar-refractivity contribution in [2.45, 2.75) is 17.5 Å². The highest BCUT2D eigenvalue weighted by atomic mass is 32.2. The van der Waals surface area contributed by atoms with Crippen LogP contribution in [0.15, 0.2) is 17.6 Å². The zero-order valence-corrected chi connectivity index (χ0v) is 9.57. The van der Waals surface area contributed by atoms with Gasteiger partial charge in [-0.1, -0.05) is 0 Å². The summed E-state index contributed by atoms with van der Waals surface area (Å²) in [6.07, 6.45) is 3.82. The largest absolute Gasteiger partial charge is 0.335 e. The summed E-state index contributed by atoms with van der Waals surface area (Å²) in [7, 11) is -3.36. The average Bonchev–Trinajstić information content (AvgIpc) is 2.94. The number of rotatable bonds is 2. The fourth-order valence-corrected chi connectivity index (χ4v) is 3.95. The molecule has 2 fully saturated rings. The second kappa shape index (κ2) is 3.54. The molecule has 0 spiro atoms. The van der Waals surface area contributed by atoms with Crippen molar-refractivity contribution >= 4 is 10.0 Å². The molecule has 88 valence electrons. The van der Waals surface area contributed by atoms with Crippen LogP contribution in [-0.4, -0.2) is 48.4 Å².